The van der Waals surface area contributed by atoms with E-state index in [9.17, 15) is 13.2 Å². The lowest BCUT2D eigenvalue weighted by Crippen LogP contribution is -2.36. The van der Waals surface area contributed by atoms with Gasteiger partial charge in [0.15, 0.2) is 4.34 Å². The molecular formula is C22H24N4O3S3. The standard InChI is InChI=1S/C22H24N4O3S3/c1-16-10-11-18(14-19(16)32(28,29)26-12-6-3-7-13-26)20(27)23-21-24-25-22(31-21)30-15-17-8-4-2-5-9-17/h2,4-5,8-11,14H,3,6-7,12-13,15H2,1H3,(H,23,24,27). The molecule has 0 saturated carbocycles. The Morgan fingerprint density at radius 2 is 1.84 bits per heavy atom. The van der Waals surface area contributed by atoms with Crippen LogP contribution in [0.5, 0.6) is 0 Å². The molecule has 32 heavy (non-hydrogen) atoms. The lowest BCUT2D eigenvalue weighted by Gasteiger charge is -2.26. The van der Waals surface area contributed by atoms with Crippen molar-refractivity contribution in [1.29, 1.82) is 0 Å². The molecule has 0 aliphatic carbocycles. The van der Waals surface area contributed by atoms with Gasteiger partial charge in [-0.25, -0.2) is 8.42 Å². The van der Waals surface area contributed by atoms with Crippen LogP contribution in [-0.4, -0.2) is 41.9 Å². The molecule has 1 fully saturated rings. The molecule has 1 N–H and O–H groups in total. The SMILES string of the molecule is Cc1ccc(C(=O)Nc2nnc(SCc3ccccc3)s2)cc1S(=O)(=O)N1CCCCC1. The molecule has 1 saturated heterocycles. The Bertz CT molecular complexity index is 1190. The zero-order chi connectivity index (χ0) is 22.6. The van der Waals surface area contributed by atoms with E-state index < -0.39 is 15.9 Å². The molecule has 1 amide bonds. The number of piperidine rings is 1. The van der Waals surface area contributed by atoms with Crippen LogP contribution in [0, 0.1) is 6.92 Å². The van der Waals surface area contributed by atoms with E-state index in [1.54, 1.807) is 30.8 Å². The smallest absolute Gasteiger partial charge is 0.257 e. The van der Waals surface area contributed by atoms with E-state index in [1.807, 2.05) is 30.3 Å². The maximum Gasteiger partial charge on any atom is 0.257 e. The monoisotopic (exact) mass is 488 g/mol. The van der Waals surface area contributed by atoms with Gasteiger partial charge in [-0.05, 0) is 43.0 Å². The van der Waals surface area contributed by atoms with Crippen LogP contribution in [0.1, 0.15) is 40.7 Å². The third-order valence-electron chi connectivity index (χ3n) is 5.22. The Balaban J connectivity index is 1.45. The van der Waals surface area contributed by atoms with Gasteiger partial charge in [0.25, 0.3) is 5.91 Å². The van der Waals surface area contributed by atoms with E-state index in [-0.39, 0.29) is 10.5 Å². The maximum atomic E-state index is 13.1. The van der Waals surface area contributed by atoms with Crippen molar-refractivity contribution in [2.45, 2.75) is 41.2 Å². The molecule has 4 rings (SSSR count). The summed E-state index contributed by atoms with van der Waals surface area (Å²) in [6, 6.07) is 14.8. The van der Waals surface area contributed by atoms with Crippen LogP contribution in [0.25, 0.3) is 0 Å². The number of rotatable bonds is 7. The van der Waals surface area contributed by atoms with Crippen LogP contribution in [0.4, 0.5) is 5.13 Å². The molecule has 1 aliphatic rings. The van der Waals surface area contributed by atoms with E-state index in [4.69, 9.17) is 0 Å². The Hall–Kier alpha value is -2.27. The Labute approximate surface area is 196 Å². The number of thioether (sulfide) groups is 1. The van der Waals surface area contributed by atoms with Crippen molar-refractivity contribution in [2.24, 2.45) is 0 Å². The lowest BCUT2D eigenvalue weighted by molar-refractivity contribution is 0.102. The largest absolute Gasteiger partial charge is 0.296 e. The molecule has 1 aromatic heterocycles. The fourth-order valence-electron chi connectivity index (χ4n) is 3.47. The molecule has 0 radical (unpaired) electrons. The summed E-state index contributed by atoms with van der Waals surface area (Å²) in [5.41, 5.74) is 2.09. The third kappa shape index (κ3) is 5.37. The number of hydrogen-bond donors (Lipinski definition) is 1. The number of aryl methyl sites for hydroxylation is 1. The Morgan fingerprint density at radius 3 is 2.59 bits per heavy atom. The highest BCUT2D eigenvalue weighted by Gasteiger charge is 2.28. The van der Waals surface area contributed by atoms with E-state index in [0.717, 1.165) is 29.4 Å². The first kappa shape index (κ1) is 22.9. The van der Waals surface area contributed by atoms with Gasteiger partial charge in [-0.15, -0.1) is 10.2 Å². The highest BCUT2D eigenvalue weighted by atomic mass is 32.2. The lowest BCUT2D eigenvalue weighted by atomic mass is 10.1. The van der Waals surface area contributed by atoms with Gasteiger partial charge in [0.1, 0.15) is 0 Å². The van der Waals surface area contributed by atoms with Crippen LogP contribution in [0.2, 0.25) is 0 Å². The van der Waals surface area contributed by atoms with Crippen molar-refractivity contribution in [3.05, 3.63) is 65.2 Å². The summed E-state index contributed by atoms with van der Waals surface area (Å²) in [7, 11) is -3.63. The quantitative estimate of drug-likeness (QED) is 0.387. The second kappa shape index (κ2) is 10.1. The topological polar surface area (TPSA) is 92.3 Å². The number of aromatic nitrogens is 2. The molecule has 0 atom stereocenters. The highest BCUT2D eigenvalue weighted by Crippen LogP contribution is 2.29. The van der Waals surface area contributed by atoms with E-state index in [1.165, 1.54) is 27.3 Å². The zero-order valence-electron chi connectivity index (χ0n) is 17.7. The van der Waals surface area contributed by atoms with E-state index >= 15 is 0 Å². The number of hydrogen-bond acceptors (Lipinski definition) is 7. The summed E-state index contributed by atoms with van der Waals surface area (Å²) in [5.74, 6) is 0.356. The molecule has 2 heterocycles. The summed E-state index contributed by atoms with van der Waals surface area (Å²) in [6.07, 6.45) is 2.77. The van der Waals surface area contributed by atoms with Crippen molar-refractivity contribution in [1.82, 2.24) is 14.5 Å². The predicted octanol–water partition coefficient (Wildman–Crippen LogP) is 4.57. The summed E-state index contributed by atoms with van der Waals surface area (Å²) >= 11 is 2.84. The van der Waals surface area contributed by atoms with Crippen molar-refractivity contribution in [2.75, 3.05) is 18.4 Å². The van der Waals surface area contributed by atoms with Gasteiger partial charge >= 0.3 is 0 Å². The number of nitrogens with zero attached hydrogens (tertiary/aromatic N) is 3. The van der Waals surface area contributed by atoms with Crippen LogP contribution < -0.4 is 5.32 Å². The number of nitrogens with one attached hydrogen (secondary N) is 1. The van der Waals surface area contributed by atoms with Crippen LogP contribution in [0.3, 0.4) is 0 Å². The van der Waals surface area contributed by atoms with Crippen LogP contribution >= 0.6 is 23.1 Å². The molecule has 3 aromatic rings. The average Bonchev–Trinajstić information content (AvgIpc) is 3.26. The molecule has 0 bridgehead atoms. The summed E-state index contributed by atoms with van der Waals surface area (Å²) in [6.45, 7) is 2.79. The average molecular weight is 489 g/mol. The minimum absolute atomic E-state index is 0.184. The number of sulfonamides is 1. The maximum absolute atomic E-state index is 13.1. The molecule has 1 aliphatic heterocycles. The molecular weight excluding hydrogens is 464 g/mol. The molecule has 7 nitrogen and oxygen atoms in total. The molecule has 168 valence electrons. The second-order valence-corrected chi connectivity index (χ2v) is 11.7. The van der Waals surface area contributed by atoms with Crippen molar-refractivity contribution in [3.63, 3.8) is 0 Å². The predicted molar refractivity (Wildman–Crippen MR) is 128 cm³/mol. The van der Waals surface area contributed by atoms with E-state index in [2.05, 4.69) is 15.5 Å². The van der Waals surface area contributed by atoms with Crippen LogP contribution in [0.15, 0.2) is 57.8 Å². The van der Waals surface area contributed by atoms with Gasteiger partial charge < -0.3 is 0 Å². The number of carbonyl (C=O) groups is 1. The number of amides is 1. The molecule has 0 spiro atoms. The van der Waals surface area contributed by atoms with Gasteiger partial charge in [-0.3, -0.25) is 10.1 Å². The third-order valence-corrected chi connectivity index (χ3v) is 9.30. The fourth-order valence-corrected chi connectivity index (χ4v) is 6.94. The highest BCUT2D eigenvalue weighted by molar-refractivity contribution is 8.00. The Morgan fingerprint density at radius 1 is 1.09 bits per heavy atom. The second-order valence-electron chi connectivity index (χ2n) is 7.55. The summed E-state index contributed by atoms with van der Waals surface area (Å²) < 4.78 is 28.5. The summed E-state index contributed by atoms with van der Waals surface area (Å²) in [4.78, 5) is 13.0. The first-order valence-electron chi connectivity index (χ1n) is 10.4. The first-order valence-corrected chi connectivity index (χ1v) is 13.6. The van der Waals surface area contributed by atoms with Gasteiger partial charge in [-0.2, -0.15) is 4.31 Å². The molecule has 2 aromatic carbocycles. The minimum atomic E-state index is -3.63. The van der Waals surface area contributed by atoms with Crippen LogP contribution in [-0.2, 0) is 15.8 Å². The van der Waals surface area contributed by atoms with Gasteiger partial charge in [0.2, 0.25) is 15.2 Å². The number of benzene rings is 2. The molecule has 10 heteroatoms. The van der Waals surface area contributed by atoms with Crippen molar-refractivity contribution >= 4 is 44.2 Å². The van der Waals surface area contributed by atoms with Crippen molar-refractivity contribution < 1.29 is 13.2 Å². The normalized spacial score (nSPS) is 14.9. The zero-order valence-corrected chi connectivity index (χ0v) is 20.1. The first-order chi connectivity index (χ1) is 15.4. The van der Waals surface area contributed by atoms with E-state index in [0.29, 0.717) is 23.8 Å². The number of carbonyl (C=O) groups excluding carboxylic acids is 1. The van der Waals surface area contributed by atoms with Gasteiger partial charge in [0, 0.05) is 24.4 Å². The minimum Gasteiger partial charge on any atom is -0.296 e. The fraction of sp³-hybridized carbons (Fsp3) is 0.318. The Kier molecular flexibility index (Phi) is 7.24. The molecule has 0 unspecified atom stereocenters. The van der Waals surface area contributed by atoms with Crippen molar-refractivity contribution in [3.8, 4) is 0 Å². The summed E-state index contributed by atoms with van der Waals surface area (Å²) in [5, 5.41) is 11.3. The number of anilines is 1. The van der Waals surface area contributed by atoms with Gasteiger partial charge in [0.05, 0.1) is 4.90 Å². The van der Waals surface area contributed by atoms with Gasteiger partial charge in [-0.1, -0.05) is 65.9 Å².